The standard InChI is InChI=1S/C10H14O3/c1-13-10(12)8-3-2-7-6(8)4-5-9(7)11/h6-8H,2-5H2,1H3/t6-,7-,8+/m0/s1. The molecule has 0 spiro atoms. The van der Waals surface area contributed by atoms with Crippen LogP contribution in [0.4, 0.5) is 0 Å². The normalized spacial score (nSPS) is 37.6. The number of carbonyl (C=O) groups is 2. The second-order valence-corrected chi connectivity index (χ2v) is 3.98. The van der Waals surface area contributed by atoms with Crippen LogP contribution in [0.2, 0.25) is 0 Å². The van der Waals surface area contributed by atoms with E-state index in [9.17, 15) is 9.59 Å². The minimum absolute atomic E-state index is 0.00134. The SMILES string of the molecule is COC(=O)[C@@H]1CC[C@@H]2C(=O)CC[C@@H]21. The number of fused-ring (bicyclic) bond motifs is 1. The monoisotopic (exact) mass is 182 g/mol. The summed E-state index contributed by atoms with van der Waals surface area (Å²) in [6, 6.07) is 0. The van der Waals surface area contributed by atoms with Gasteiger partial charge in [0.05, 0.1) is 13.0 Å². The fraction of sp³-hybridized carbons (Fsp3) is 0.800. The molecule has 0 saturated heterocycles. The molecular weight excluding hydrogens is 168 g/mol. The van der Waals surface area contributed by atoms with Gasteiger partial charge in [0.1, 0.15) is 5.78 Å². The fourth-order valence-electron chi connectivity index (χ4n) is 2.81. The van der Waals surface area contributed by atoms with Gasteiger partial charge in [-0.3, -0.25) is 9.59 Å². The molecule has 2 aliphatic rings. The van der Waals surface area contributed by atoms with E-state index in [-0.39, 0.29) is 17.8 Å². The van der Waals surface area contributed by atoms with Gasteiger partial charge in [-0.2, -0.15) is 0 Å². The quantitative estimate of drug-likeness (QED) is 0.571. The number of rotatable bonds is 1. The molecule has 0 heterocycles. The molecule has 0 aliphatic heterocycles. The molecule has 3 atom stereocenters. The van der Waals surface area contributed by atoms with Crippen molar-refractivity contribution in [3.05, 3.63) is 0 Å². The average Bonchev–Trinajstić information content (AvgIpc) is 2.68. The van der Waals surface area contributed by atoms with Crippen molar-refractivity contribution >= 4 is 11.8 Å². The molecule has 2 fully saturated rings. The van der Waals surface area contributed by atoms with Crippen molar-refractivity contribution in [2.24, 2.45) is 17.8 Å². The molecule has 0 bridgehead atoms. The van der Waals surface area contributed by atoms with Crippen molar-refractivity contribution in [2.45, 2.75) is 25.7 Å². The van der Waals surface area contributed by atoms with Crippen LogP contribution in [0.1, 0.15) is 25.7 Å². The Labute approximate surface area is 77.4 Å². The molecule has 0 aromatic rings. The largest absolute Gasteiger partial charge is 0.469 e. The lowest BCUT2D eigenvalue weighted by atomic mass is 9.92. The van der Waals surface area contributed by atoms with E-state index in [1.165, 1.54) is 7.11 Å². The van der Waals surface area contributed by atoms with E-state index in [2.05, 4.69) is 0 Å². The van der Waals surface area contributed by atoms with E-state index in [1.807, 2.05) is 0 Å². The van der Waals surface area contributed by atoms with E-state index < -0.39 is 0 Å². The van der Waals surface area contributed by atoms with Crippen LogP contribution < -0.4 is 0 Å². The van der Waals surface area contributed by atoms with E-state index in [4.69, 9.17) is 4.74 Å². The summed E-state index contributed by atoms with van der Waals surface area (Å²) in [6.45, 7) is 0. The molecule has 0 aromatic heterocycles. The number of hydrogen-bond acceptors (Lipinski definition) is 3. The van der Waals surface area contributed by atoms with Crippen molar-refractivity contribution in [3.63, 3.8) is 0 Å². The van der Waals surface area contributed by atoms with Crippen LogP contribution >= 0.6 is 0 Å². The summed E-state index contributed by atoms with van der Waals surface area (Å²) >= 11 is 0. The Bertz CT molecular complexity index is 247. The van der Waals surface area contributed by atoms with E-state index in [0.29, 0.717) is 18.1 Å². The molecule has 3 nitrogen and oxygen atoms in total. The third-order valence-corrected chi connectivity index (χ3v) is 3.46. The summed E-state index contributed by atoms with van der Waals surface area (Å²) in [4.78, 5) is 22.7. The van der Waals surface area contributed by atoms with Crippen LogP contribution in [-0.4, -0.2) is 18.9 Å². The number of methoxy groups -OCH3 is 1. The van der Waals surface area contributed by atoms with Gasteiger partial charge in [0.2, 0.25) is 0 Å². The second kappa shape index (κ2) is 3.13. The molecule has 0 aromatic carbocycles. The summed E-state index contributed by atoms with van der Waals surface area (Å²) in [5.74, 6) is 0.698. The lowest BCUT2D eigenvalue weighted by molar-refractivity contribution is -0.146. The summed E-state index contributed by atoms with van der Waals surface area (Å²) in [5, 5.41) is 0. The highest BCUT2D eigenvalue weighted by Gasteiger charge is 2.47. The number of carbonyl (C=O) groups excluding carboxylic acids is 2. The van der Waals surface area contributed by atoms with Gasteiger partial charge in [-0.15, -0.1) is 0 Å². The molecule has 0 unspecified atom stereocenters. The molecule has 13 heavy (non-hydrogen) atoms. The summed E-state index contributed by atoms with van der Waals surface area (Å²) in [6.07, 6.45) is 3.29. The number of esters is 1. The van der Waals surface area contributed by atoms with Crippen molar-refractivity contribution in [2.75, 3.05) is 7.11 Å². The first-order chi connectivity index (χ1) is 6.24. The molecule has 2 rings (SSSR count). The van der Waals surface area contributed by atoms with Crippen LogP contribution in [0.25, 0.3) is 0 Å². The van der Waals surface area contributed by atoms with E-state index in [0.717, 1.165) is 19.3 Å². The van der Waals surface area contributed by atoms with Crippen LogP contribution in [0, 0.1) is 17.8 Å². The Kier molecular flexibility index (Phi) is 2.10. The Hall–Kier alpha value is -0.860. The van der Waals surface area contributed by atoms with Gasteiger partial charge in [0, 0.05) is 12.3 Å². The van der Waals surface area contributed by atoms with Gasteiger partial charge in [-0.25, -0.2) is 0 Å². The Morgan fingerprint density at radius 3 is 2.85 bits per heavy atom. The lowest BCUT2D eigenvalue weighted by Gasteiger charge is -2.14. The average molecular weight is 182 g/mol. The van der Waals surface area contributed by atoms with Crippen molar-refractivity contribution in [1.82, 2.24) is 0 Å². The van der Waals surface area contributed by atoms with Gasteiger partial charge in [0.15, 0.2) is 0 Å². The Balaban J connectivity index is 2.10. The molecular formula is C10H14O3. The summed E-state index contributed by atoms with van der Waals surface area (Å²) < 4.78 is 4.73. The zero-order valence-corrected chi connectivity index (χ0v) is 7.79. The summed E-state index contributed by atoms with van der Waals surface area (Å²) in [5.41, 5.74) is 0. The van der Waals surface area contributed by atoms with Crippen LogP contribution in [0.5, 0.6) is 0 Å². The lowest BCUT2D eigenvalue weighted by Crippen LogP contribution is -2.21. The smallest absolute Gasteiger partial charge is 0.308 e. The molecule has 0 radical (unpaired) electrons. The third kappa shape index (κ3) is 1.26. The van der Waals surface area contributed by atoms with Gasteiger partial charge >= 0.3 is 5.97 Å². The van der Waals surface area contributed by atoms with Crippen molar-refractivity contribution in [1.29, 1.82) is 0 Å². The highest BCUT2D eigenvalue weighted by molar-refractivity contribution is 5.86. The van der Waals surface area contributed by atoms with Gasteiger partial charge in [0.25, 0.3) is 0 Å². The predicted molar refractivity (Wildman–Crippen MR) is 46.0 cm³/mol. The van der Waals surface area contributed by atoms with Gasteiger partial charge in [-0.05, 0) is 25.2 Å². The number of hydrogen-bond donors (Lipinski definition) is 0. The zero-order chi connectivity index (χ0) is 9.42. The topological polar surface area (TPSA) is 43.4 Å². The number of Topliss-reactive ketones (excluding diaryl/α,β-unsaturated/α-hetero) is 1. The molecule has 72 valence electrons. The third-order valence-electron chi connectivity index (χ3n) is 3.46. The van der Waals surface area contributed by atoms with Crippen LogP contribution in [0.15, 0.2) is 0 Å². The molecule has 2 aliphatic carbocycles. The maximum absolute atomic E-state index is 11.4. The van der Waals surface area contributed by atoms with Crippen LogP contribution in [0.3, 0.4) is 0 Å². The first-order valence-corrected chi connectivity index (χ1v) is 4.84. The Morgan fingerprint density at radius 1 is 1.38 bits per heavy atom. The molecule has 0 N–H and O–H groups in total. The minimum Gasteiger partial charge on any atom is -0.469 e. The zero-order valence-electron chi connectivity index (χ0n) is 7.79. The first kappa shape index (κ1) is 8.73. The maximum atomic E-state index is 11.4. The highest BCUT2D eigenvalue weighted by atomic mass is 16.5. The predicted octanol–water partition coefficient (Wildman–Crippen LogP) is 1.16. The van der Waals surface area contributed by atoms with Gasteiger partial charge < -0.3 is 4.74 Å². The molecule has 2 saturated carbocycles. The first-order valence-electron chi connectivity index (χ1n) is 4.84. The molecule has 3 heteroatoms. The fourth-order valence-corrected chi connectivity index (χ4v) is 2.81. The number of ketones is 1. The van der Waals surface area contributed by atoms with Crippen molar-refractivity contribution in [3.8, 4) is 0 Å². The van der Waals surface area contributed by atoms with Gasteiger partial charge in [-0.1, -0.05) is 0 Å². The highest BCUT2D eigenvalue weighted by Crippen LogP contribution is 2.45. The maximum Gasteiger partial charge on any atom is 0.308 e. The minimum atomic E-state index is -0.123. The van der Waals surface area contributed by atoms with Crippen LogP contribution in [-0.2, 0) is 14.3 Å². The summed E-state index contributed by atoms with van der Waals surface area (Å²) in [7, 11) is 1.42. The number of ether oxygens (including phenoxy) is 1. The Morgan fingerprint density at radius 2 is 2.15 bits per heavy atom. The van der Waals surface area contributed by atoms with E-state index >= 15 is 0 Å². The van der Waals surface area contributed by atoms with E-state index in [1.54, 1.807) is 0 Å². The molecule has 0 amide bonds. The second-order valence-electron chi connectivity index (χ2n) is 3.98. The van der Waals surface area contributed by atoms with Crippen molar-refractivity contribution < 1.29 is 14.3 Å².